The van der Waals surface area contributed by atoms with E-state index >= 15 is 0 Å². The van der Waals surface area contributed by atoms with Crippen LogP contribution in [0.15, 0.2) is 40.9 Å². The molecule has 0 saturated carbocycles. The number of hydrogen-bond donors (Lipinski definition) is 1. The molecule has 2 aromatic carbocycles. The number of halogens is 3. The van der Waals surface area contributed by atoms with Crippen molar-refractivity contribution in [2.45, 2.75) is 0 Å². The number of rotatable bonds is 1. The van der Waals surface area contributed by atoms with Gasteiger partial charge in [-0.05, 0) is 24.3 Å². The average molecular weight is 324 g/mol. The molecular formula is C13H8BrF2N3. The van der Waals surface area contributed by atoms with Crippen LogP contribution in [0.2, 0.25) is 0 Å². The van der Waals surface area contributed by atoms with E-state index in [-0.39, 0.29) is 11.5 Å². The van der Waals surface area contributed by atoms with Gasteiger partial charge >= 0.3 is 0 Å². The summed E-state index contributed by atoms with van der Waals surface area (Å²) in [5.41, 5.74) is 6.84. The maximum Gasteiger partial charge on any atom is 0.206 e. The molecule has 3 nitrogen and oxygen atoms in total. The maximum absolute atomic E-state index is 13.6. The molecule has 6 heteroatoms. The fourth-order valence-corrected chi connectivity index (χ4v) is 2.25. The average Bonchev–Trinajstić information content (AvgIpc) is 2.67. The lowest BCUT2D eigenvalue weighted by Crippen LogP contribution is -2.00. The lowest BCUT2D eigenvalue weighted by molar-refractivity contribution is 0.590. The number of nitrogens with two attached hydrogens (primary N) is 1. The number of hydrogen-bond acceptors (Lipinski definition) is 2. The number of imidazole rings is 1. The quantitative estimate of drug-likeness (QED) is 0.742. The molecule has 96 valence electrons. The first kappa shape index (κ1) is 12.1. The fourth-order valence-electron chi connectivity index (χ4n) is 1.98. The third-order valence-corrected chi connectivity index (χ3v) is 3.32. The van der Waals surface area contributed by atoms with Crippen LogP contribution in [0, 0.1) is 11.6 Å². The molecule has 0 fully saturated rings. The third-order valence-electron chi connectivity index (χ3n) is 2.79. The Morgan fingerprint density at radius 1 is 1.11 bits per heavy atom. The summed E-state index contributed by atoms with van der Waals surface area (Å²) in [7, 11) is 0. The van der Waals surface area contributed by atoms with E-state index in [2.05, 4.69) is 20.9 Å². The zero-order valence-corrected chi connectivity index (χ0v) is 11.2. The van der Waals surface area contributed by atoms with E-state index in [0.717, 1.165) is 10.5 Å². The number of aromatic nitrogens is 2. The number of nitrogen functional groups attached to an aromatic ring is 1. The van der Waals surface area contributed by atoms with Gasteiger partial charge in [0, 0.05) is 22.3 Å². The van der Waals surface area contributed by atoms with E-state index in [1.807, 2.05) is 12.1 Å². The summed E-state index contributed by atoms with van der Waals surface area (Å²) in [4.78, 5) is 3.94. The third kappa shape index (κ3) is 1.98. The molecule has 0 bridgehead atoms. The van der Waals surface area contributed by atoms with Crippen molar-refractivity contribution in [3.05, 3.63) is 52.5 Å². The summed E-state index contributed by atoms with van der Waals surface area (Å²) < 4.78 is 29.4. The SMILES string of the molecule is Nc1nc2c(F)cc(F)cc2n1-c1ccc(Br)cc1. The van der Waals surface area contributed by atoms with Gasteiger partial charge in [0.15, 0.2) is 5.82 Å². The van der Waals surface area contributed by atoms with E-state index in [0.29, 0.717) is 11.2 Å². The van der Waals surface area contributed by atoms with Gasteiger partial charge in [0.2, 0.25) is 5.95 Å². The molecule has 0 aliphatic carbocycles. The van der Waals surface area contributed by atoms with Crippen LogP contribution in [-0.2, 0) is 0 Å². The van der Waals surface area contributed by atoms with Crippen molar-refractivity contribution in [3.8, 4) is 5.69 Å². The van der Waals surface area contributed by atoms with Crippen molar-refractivity contribution in [1.29, 1.82) is 0 Å². The summed E-state index contributed by atoms with van der Waals surface area (Å²) in [6, 6.07) is 9.20. The van der Waals surface area contributed by atoms with E-state index < -0.39 is 11.6 Å². The van der Waals surface area contributed by atoms with Crippen LogP contribution in [0.5, 0.6) is 0 Å². The highest BCUT2D eigenvalue weighted by atomic mass is 79.9. The standard InChI is InChI=1S/C13H8BrF2N3/c14-7-1-3-9(4-2-7)19-11-6-8(15)5-10(16)12(11)18-13(19)17/h1-6H,(H2,17,18). The molecule has 0 amide bonds. The zero-order valence-electron chi connectivity index (χ0n) is 9.57. The first-order valence-electron chi connectivity index (χ1n) is 5.45. The van der Waals surface area contributed by atoms with Crippen LogP contribution in [0.1, 0.15) is 0 Å². The summed E-state index contributed by atoms with van der Waals surface area (Å²) in [5, 5.41) is 0. The van der Waals surface area contributed by atoms with Crippen LogP contribution >= 0.6 is 15.9 Å². The molecule has 2 N–H and O–H groups in total. The Hall–Kier alpha value is -1.95. The van der Waals surface area contributed by atoms with Gasteiger partial charge in [-0.2, -0.15) is 0 Å². The maximum atomic E-state index is 13.6. The molecule has 0 saturated heterocycles. The van der Waals surface area contributed by atoms with Crippen LogP contribution in [0.25, 0.3) is 16.7 Å². The number of anilines is 1. The number of nitrogens with zero attached hydrogens (tertiary/aromatic N) is 2. The predicted molar refractivity (Wildman–Crippen MR) is 73.1 cm³/mol. The first-order chi connectivity index (χ1) is 9.06. The van der Waals surface area contributed by atoms with Crippen LogP contribution < -0.4 is 5.73 Å². The number of fused-ring (bicyclic) bond motifs is 1. The molecule has 3 aromatic rings. The molecule has 0 radical (unpaired) electrons. The molecule has 0 unspecified atom stereocenters. The van der Waals surface area contributed by atoms with Gasteiger partial charge in [0.05, 0.1) is 5.52 Å². The minimum absolute atomic E-state index is 0.0572. The van der Waals surface area contributed by atoms with Gasteiger partial charge < -0.3 is 5.73 Å². The van der Waals surface area contributed by atoms with Crippen molar-refractivity contribution < 1.29 is 8.78 Å². The van der Waals surface area contributed by atoms with Crippen molar-refractivity contribution in [1.82, 2.24) is 9.55 Å². The highest BCUT2D eigenvalue weighted by Gasteiger charge is 2.14. The predicted octanol–water partition coefficient (Wildman–Crippen LogP) is 3.65. The second kappa shape index (κ2) is 4.31. The first-order valence-corrected chi connectivity index (χ1v) is 6.24. The van der Waals surface area contributed by atoms with Crippen molar-refractivity contribution >= 4 is 32.9 Å². The Labute approximate surface area is 115 Å². The van der Waals surface area contributed by atoms with Gasteiger partial charge in [0.25, 0.3) is 0 Å². The van der Waals surface area contributed by atoms with Gasteiger partial charge in [0.1, 0.15) is 11.3 Å². The summed E-state index contributed by atoms with van der Waals surface area (Å²) in [6.45, 7) is 0. The Kier molecular flexibility index (Phi) is 2.74. The van der Waals surface area contributed by atoms with Gasteiger partial charge in [-0.15, -0.1) is 0 Å². The molecule has 1 heterocycles. The van der Waals surface area contributed by atoms with Crippen molar-refractivity contribution in [3.63, 3.8) is 0 Å². The van der Waals surface area contributed by atoms with E-state index in [1.165, 1.54) is 10.6 Å². The Morgan fingerprint density at radius 2 is 1.79 bits per heavy atom. The number of benzene rings is 2. The molecule has 3 rings (SSSR count). The van der Waals surface area contributed by atoms with Crippen molar-refractivity contribution in [2.24, 2.45) is 0 Å². The largest absolute Gasteiger partial charge is 0.369 e. The summed E-state index contributed by atoms with van der Waals surface area (Å²) in [5.74, 6) is -1.28. The second-order valence-corrected chi connectivity index (χ2v) is 4.95. The lowest BCUT2D eigenvalue weighted by Gasteiger charge is -2.06. The van der Waals surface area contributed by atoms with Gasteiger partial charge in [-0.1, -0.05) is 15.9 Å². The highest BCUT2D eigenvalue weighted by Crippen LogP contribution is 2.26. The highest BCUT2D eigenvalue weighted by molar-refractivity contribution is 9.10. The van der Waals surface area contributed by atoms with E-state index in [1.54, 1.807) is 12.1 Å². The molecule has 0 spiro atoms. The van der Waals surface area contributed by atoms with Gasteiger partial charge in [-0.25, -0.2) is 13.8 Å². The van der Waals surface area contributed by atoms with Crippen LogP contribution in [0.3, 0.4) is 0 Å². The smallest absolute Gasteiger partial charge is 0.206 e. The molecular weight excluding hydrogens is 316 g/mol. The monoisotopic (exact) mass is 323 g/mol. The Bertz CT molecular complexity index is 766. The second-order valence-electron chi connectivity index (χ2n) is 4.04. The zero-order chi connectivity index (χ0) is 13.6. The summed E-state index contributed by atoms with van der Waals surface area (Å²) >= 11 is 3.32. The van der Waals surface area contributed by atoms with E-state index in [9.17, 15) is 8.78 Å². The summed E-state index contributed by atoms with van der Waals surface area (Å²) in [6.07, 6.45) is 0. The van der Waals surface area contributed by atoms with Crippen molar-refractivity contribution in [2.75, 3.05) is 5.73 Å². The topological polar surface area (TPSA) is 43.8 Å². The molecule has 0 atom stereocenters. The molecule has 19 heavy (non-hydrogen) atoms. The van der Waals surface area contributed by atoms with E-state index in [4.69, 9.17) is 5.73 Å². The lowest BCUT2D eigenvalue weighted by atomic mass is 10.2. The minimum atomic E-state index is -0.724. The van der Waals surface area contributed by atoms with Crippen LogP contribution in [-0.4, -0.2) is 9.55 Å². The fraction of sp³-hybridized carbons (Fsp3) is 0. The molecule has 1 aromatic heterocycles. The molecule has 0 aliphatic rings. The Morgan fingerprint density at radius 3 is 2.47 bits per heavy atom. The molecule has 0 aliphatic heterocycles. The Balaban J connectivity index is 2.34. The normalized spacial score (nSPS) is 11.1. The van der Waals surface area contributed by atoms with Crippen LogP contribution in [0.4, 0.5) is 14.7 Å². The van der Waals surface area contributed by atoms with Gasteiger partial charge in [-0.3, -0.25) is 4.57 Å². The minimum Gasteiger partial charge on any atom is -0.369 e.